The first-order valence-electron chi connectivity index (χ1n) is 5.00. The lowest BCUT2D eigenvalue weighted by Gasteiger charge is -2.14. The second kappa shape index (κ2) is 4.54. The zero-order valence-corrected chi connectivity index (χ0v) is 10.9. The van der Waals surface area contributed by atoms with Crippen molar-refractivity contribution in [2.75, 3.05) is 0 Å². The molecule has 0 bridgehead atoms. The van der Waals surface area contributed by atoms with Gasteiger partial charge in [0.25, 0.3) is 0 Å². The van der Waals surface area contributed by atoms with E-state index in [2.05, 4.69) is 26.2 Å². The summed E-state index contributed by atoms with van der Waals surface area (Å²) in [6.45, 7) is 1.75. The van der Waals surface area contributed by atoms with E-state index in [0.29, 0.717) is 21.4 Å². The summed E-state index contributed by atoms with van der Waals surface area (Å²) in [5.41, 5.74) is 1.86. The number of benzene rings is 1. The maximum absolute atomic E-state index is 13.0. The van der Waals surface area contributed by atoms with E-state index in [9.17, 15) is 9.50 Å². The minimum absolute atomic E-state index is 0.319. The van der Waals surface area contributed by atoms with Crippen LogP contribution in [0, 0.1) is 12.7 Å². The van der Waals surface area contributed by atoms with Crippen LogP contribution in [-0.2, 0) is 7.05 Å². The van der Waals surface area contributed by atoms with Crippen LogP contribution in [0.25, 0.3) is 0 Å². The highest BCUT2D eigenvalue weighted by Gasteiger charge is 2.21. The van der Waals surface area contributed by atoms with Crippen LogP contribution in [0.3, 0.4) is 0 Å². The molecule has 90 valence electrons. The van der Waals surface area contributed by atoms with Gasteiger partial charge in [-0.2, -0.15) is 0 Å². The SMILES string of the molecule is Cc1cc(F)ccc1C(O)c1c(Br)nnn1C. The van der Waals surface area contributed by atoms with Gasteiger partial charge >= 0.3 is 0 Å². The maximum atomic E-state index is 13.0. The average molecular weight is 300 g/mol. The fourth-order valence-electron chi connectivity index (χ4n) is 1.72. The van der Waals surface area contributed by atoms with Gasteiger partial charge in [0.1, 0.15) is 17.6 Å². The number of aliphatic hydroxyl groups excluding tert-OH is 1. The molecule has 2 aromatic rings. The molecule has 6 heteroatoms. The first kappa shape index (κ1) is 12.2. The molecule has 1 unspecified atom stereocenters. The summed E-state index contributed by atoms with van der Waals surface area (Å²) in [4.78, 5) is 0. The summed E-state index contributed by atoms with van der Waals surface area (Å²) in [5, 5.41) is 17.9. The molecule has 0 saturated carbocycles. The number of aryl methyl sites for hydroxylation is 2. The zero-order chi connectivity index (χ0) is 12.6. The third-order valence-corrected chi connectivity index (χ3v) is 3.18. The van der Waals surface area contributed by atoms with Gasteiger partial charge in [0, 0.05) is 7.05 Å². The molecule has 0 saturated heterocycles. The molecule has 1 aromatic heterocycles. The van der Waals surface area contributed by atoms with E-state index >= 15 is 0 Å². The van der Waals surface area contributed by atoms with Gasteiger partial charge in [-0.3, -0.25) is 0 Å². The molecule has 0 aliphatic rings. The smallest absolute Gasteiger partial charge is 0.154 e. The van der Waals surface area contributed by atoms with Crippen molar-refractivity contribution in [3.63, 3.8) is 0 Å². The fourth-order valence-corrected chi connectivity index (χ4v) is 2.27. The van der Waals surface area contributed by atoms with E-state index in [4.69, 9.17) is 0 Å². The van der Waals surface area contributed by atoms with Gasteiger partial charge in [0.2, 0.25) is 0 Å². The number of hydrogen-bond acceptors (Lipinski definition) is 3. The van der Waals surface area contributed by atoms with E-state index in [-0.39, 0.29) is 5.82 Å². The van der Waals surface area contributed by atoms with Gasteiger partial charge in [-0.15, -0.1) is 5.10 Å². The summed E-state index contributed by atoms with van der Waals surface area (Å²) in [7, 11) is 1.69. The maximum Gasteiger partial charge on any atom is 0.154 e. The second-order valence-corrected chi connectivity index (χ2v) is 4.54. The molecule has 1 atom stereocenters. The Labute approximate surface area is 106 Å². The lowest BCUT2D eigenvalue weighted by atomic mass is 10.0. The van der Waals surface area contributed by atoms with E-state index in [1.165, 1.54) is 16.8 Å². The first-order chi connectivity index (χ1) is 8.00. The Morgan fingerprint density at radius 3 is 2.71 bits per heavy atom. The van der Waals surface area contributed by atoms with Crippen molar-refractivity contribution < 1.29 is 9.50 Å². The van der Waals surface area contributed by atoms with Gasteiger partial charge in [0.15, 0.2) is 4.60 Å². The normalized spacial score (nSPS) is 12.8. The second-order valence-electron chi connectivity index (χ2n) is 3.79. The quantitative estimate of drug-likeness (QED) is 0.924. The van der Waals surface area contributed by atoms with Gasteiger partial charge < -0.3 is 5.11 Å². The number of rotatable bonds is 2. The van der Waals surface area contributed by atoms with Crippen LogP contribution in [0.5, 0.6) is 0 Å². The number of nitrogens with zero attached hydrogens (tertiary/aromatic N) is 3. The minimum Gasteiger partial charge on any atom is -0.382 e. The molecule has 0 aliphatic carbocycles. The molecule has 1 heterocycles. The lowest BCUT2D eigenvalue weighted by Crippen LogP contribution is -2.08. The van der Waals surface area contributed by atoms with Gasteiger partial charge in [-0.05, 0) is 46.1 Å². The summed E-state index contributed by atoms with van der Waals surface area (Å²) < 4.78 is 15.0. The van der Waals surface area contributed by atoms with Crippen LogP contribution in [0.1, 0.15) is 22.9 Å². The standard InChI is InChI=1S/C11H11BrFN3O/c1-6-5-7(13)3-4-8(6)10(17)9-11(12)14-15-16(9)2/h3-5,10,17H,1-2H3. The van der Waals surface area contributed by atoms with Crippen molar-refractivity contribution in [1.29, 1.82) is 0 Å². The molecule has 1 N–H and O–H groups in total. The predicted octanol–water partition coefficient (Wildman–Crippen LogP) is 2.11. The van der Waals surface area contributed by atoms with Crippen LogP contribution in [0.2, 0.25) is 0 Å². The number of aromatic nitrogens is 3. The van der Waals surface area contributed by atoms with Crippen LogP contribution in [0.15, 0.2) is 22.8 Å². The van der Waals surface area contributed by atoms with Gasteiger partial charge in [0.05, 0.1) is 0 Å². The van der Waals surface area contributed by atoms with E-state index < -0.39 is 6.10 Å². The Hall–Kier alpha value is -1.27. The highest BCUT2D eigenvalue weighted by Crippen LogP contribution is 2.28. The minimum atomic E-state index is -0.884. The molecular formula is C11H11BrFN3O. The average Bonchev–Trinajstić information content (AvgIpc) is 2.58. The Kier molecular flexibility index (Phi) is 3.26. The molecule has 0 radical (unpaired) electrons. The highest BCUT2D eigenvalue weighted by molar-refractivity contribution is 9.10. The molecule has 17 heavy (non-hydrogen) atoms. The third-order valence-electron chi connectivity index (χ3n) is 2.61. The van der Waals surface area contributed by atoms with Crippen LogP contribution in [-0.4, -0.2) is 20.1 Å². The van der Waals surface area contributed by atoms with Crippen molar-refractivity contribution in [3.05, 3.63) is 45.4 Å². The molecular weight excluding hydrogens is 289 g/mol. The molecule has 1 aromatic carbocycles. The highest BCUT2D eigenvalue weighted by atomic mass is 79.9. The van der Waals surface area contributed by atoms with Crippen molar-refractivity contribution in [1.82, 2.24) is 15.0 Å². The van der Waals surface area contributed by atoms with E-state index in [0.717, 1.165) is 0 Å². The topological polar surface area (TPSA) is 50.9 Å². The first-order valence-corrected chi connectivity index (χ1v) is 5.79. The van der Waals surface area contributed by atoms with Crippen LogP contribution >= 0.6 is 15.9 Å². The van der Waals surface area contributed by atoms with Gasteiger partial charge in [-0.25, -0.2) is 9.07 Å². The van der Waals surface area contributed by atoms with Gasteiger partial charge in [-0.1, -0.05) is 11.3 Å². The zero-order valence-electron chi connectivity index (χ0n) is 9.35. The molecule has 0 aliphatic heterocycles. The molecule has 0 amide bonds. The van der Waals surface area contributed by atoms with Crippen molar-refractivity contribution in [2.24, 2.45) is 7.05 Å². The molecule has 0 spiro atoms. The lowest BCUT2D eigenvalue weighted by molar-refractivity contribution is 0.208. The fraction of sp³-hybridized carbons (Fsp3) is 0.273. The Balaban J connectivity index is 2.47. The Bertz CT molecular complexity index is 536. The number of hydrogen-bond donors (Lipinski definition) is 1. The van der Waals surface area contributed by atoms with E-state index in [1.807, 2.05) is 0 Å². The Morgan fingerprint density at radius 2 is 2.18 bits per heavy atom. The Morgan fingerprint density at radius 1 is 1.47 bits per heavy atom. The van der Waals surface area contributed by atoms with E-state index in [1.54, 1.807) is 20.0 Å². The third kappa shape index (κ3) is 2.23. The summed E-state index contributed by atoms with van der Waals surface area (Å²) in [6, 6.07) is 4.27. The number of aliphatic hydroxyl groups is 1. The predicted molar refractivity (Wildman–Crippen MR) is 63.9 cm³/mol. The van der Waals surface area contributed by atoms with Crippen molar-refractivity contribution in [2.45, 2.75) is 13.0 Å². The number of halogens is 2. The summed E-state index contributed by atoms with van der Waals surface area (Å²) in [5.74, 6) is -0.319. The van der Waals surface area contributed by atoms with Crippen molar-refractivity contribution in [3.8, 4) is 0 Å². The summed E-state index contributed by atoms with van der Waals surface area (Å²) in [6.07, 6.45) is -0.884. The largest absolute Gasteiger partial charge is 0.382 e. The van der Waals surface area contributed by atoms with Crippen molar-refractivity contribution >= 4 is 15.9 Å². The monoisotopic (exact) mass is 299 g/mol. The molecule has 2 rings (SSSR count). The summed E-state index contributed by atoms with van der Waals surface area (Å²) >= 11 is 3.23. The molecule has 0 fully saturated rings. The van der Waals surface area contributed by atoms with Crippen LogP contribution in [0.4, 0.5) is 4.39 Å². The molecule has 4 nitrogen and oxygen atoms in total. The van der Waals surface area contributed by atoms with Crippen LogP contribution < -0.4 is 0 Å².